The number of carbonyl (C=O) groups is 1. The molecule has 32 heavy (non-hydrogen) atoms. The number of rotatable bonds is 5. The van der Waals surface area contributed by atoms with E-state index in [2.05, 4.69) is 4.98 Å². The number of methoxy groups -OCH3 is 1. The topological polar surface area (TPSA) is 95.3 Å². The van der Waals surface area contributed by atoms with Gasteiger partial charge in [0.15, 0.2) is 15.3 Å². The molecular formula is C24H20N2O5S. The molecule has 4 rings (SSSR count). The van der Waals surface area contributed by atoms with Gasteiger partial charge in [-0.15, -0.1) is 0 Å². The summed E-state index contributed by atoms with van der Waals surface area (Å²) in [6.07, 6.45) is 2.81. The lowest BCUT2D eigenvalue weighted by Gasteiger charge is -2.18. The maximum atomic E-state index is 13.4. The van der Waals surface area contributed by atoms with Crippen molar-refractivity contribution in [3.05, 3.63) is 100.0 Å². The molecule has 2 aromatic carbocycles. The van der Waals surface area contributed by atoms with Crippen LogP contribution in [0.5, 0.6) is 0 Å². The molecule has 0 saturated carbocycles. The van der Waals surface area contributed by atoms with E-state index in [-0.39, 0.29) is 28.0 Å². The first kappa shape index (κ1) is 21.5. The van der Waals surface area contributed by atoms with Crippen LogP contribution in [0.3, 0.4) is 0 Å². The van der Waals surface area contributed by atoms with Crippen LogP contribution in [0, 0.1) is 0 Å². The number of aromatic nitrogens is 2. The van der Waals surface area contributed by atoms with E-state index in [1.807, 2.05) is 30.3 Å². The minimum Gasteiger partial charge on any atom is -0.464 e. The summed E-state index contributed by atoms with van der Waals surface area (Å²) in [7, 11) is -2.09. The third-order valence-electron chi connectivity index (χ3n) is 5.15. The average molecular weight is 449 g/mol. The number of nitrogens with zero attached hydrogens (tertiary/aromatic N) is 2. The number of hydrogen-bond acceptors (Lipinski definition) is 6. The van der Waals surface area contributed by atoms with E-state index in [1.54, 1.807) is 35.0 Å². The van der Waals surface area contributed by atoms with Gasteiger partial charge in [-0.1, -0.05) is 30.3 Å². The molecule has 0 atom stereocenters. The van der Waals surface area contributed by atoms with Gasteiger partial charge < -0.3 is 4.74 Å². The van der Waals surface area contributed by atoms with Crippen LogP contribution in [-0.4, -0.2) is 37.3 Å². The fourth-order valence-corrected chi connectivity index (χ4v) is 4.26. The lowest BCUT2D eigenvalue weighted by molar-refractivity contribution is 0.0590. The summed E-state index contributed by atoms with van der Waals surface area (Å²) >= 11 is 0. The van der Waals surface area contributed by atoms with E-state index in [0.29, 0.717) is 22.3 Å². The molecule has 4 aromatic rings. The standard InChI is InChI=1S/C24H20N2O5S/c1-31-24(28)21-20(15-16-10-12-18(13-11-16)32(2,29)30)22(27)19-9-6-14-25-23(19)26(21)17-7-4-3-5-8-17/h3-14H,15H2,1-2H3. The molecular weight excluding hydrogens is 428 g/mol. The second-order valence-corrected chi connectivity index (χ2v) is 9.30. The lowest BCUT2D eigenvalue weighted by atomic mass is 10.0. The van der Waals surface area contributed by atoms with Gasteiger partial charge in [0.1, 0.15) is 11.3 Å². The Kier molecular flexibility index (Phi) is 5.63. The molecule has 0 radical (unpaired) electrons. The predicted molar refractivity (Wildman–Crippen MR) is 121 cm³/mol. The maximum absolute atomic E-state index is 13.4. The molecule has 0 saturated heterocycles. The Morgan fingerprint density at radius 2 is 1.69 bits per heavy atom. The second-order valence-electron chi connectivity index (χ2n) is 7.29. The van der Waals surface area contributed by atoms with Gasteiger partial charge in [0, 0.05) is 30.1 Å². The van der Waals surface area contributed by atoms with Crippen LogP contribution >= 0.6 is 0 Å². The van der Waals surface area contributed by atoms with Crippen LogP contribution in [0.1, 0.15) is 21.6 Å². The van der Waals surface area contributed by atoms with E-state index in [1.165, 1.54) is 19.2 Å². The van der Waals surface area contributed by atoms with Crippen molar-refractivity contribution in [3.63, 3.8) is 0 Å². The molecule has 0 spiro atoms. The Labute approximate surface area is 184 Å². The number of ether oxygens (including phenoxy) is 1. The first-order valence-electron chi connectivity index (χ1n) is 9.76. The van der Waals surface area contributed by atoms with Gasteiger partial charge in [0.2, 0.25) is 0 Å². The number of sulfone groups is 1. The number of carbonyl (C=O) groups excluding carboxylic acids is 1. The van der Waals surface area contributed by atoms with Gasteiger partial charge in [-0.2, -0.15) is 0 Å². The summed E-state index contributed by atoms with van der Waals surface area (Å²) in [4.78, 5) is 30.9. The number of fused-ring (bicyclic) bond motifs is 1. The molecule has 0 aliphatic rings. The normalized spacial score (nSPS) is 11.4. The molecule has 2 aromatic heterocycles. The zero-order valence-electron chi connectivity index (χ0n) is 17.5. The van der Waals surface area contributed by atoms with Crippen LogP contribution in [0.4, 0.5) is 0 Å². The molecule has 0 aliphatic heterocycles. The highest BCUT2D eigenvalue weighted by molar-refractivity contribution is 7.90. The Morgan fingerprint density at radius 1 is 1.00 bits per heavy atom. The molecule has 0 amide bonds. The van der Waals surface area contributed by atoms with Crippen molar-refractivity contribution in [2.24, 2.45) is 0 Å². The molecule has 0 aliphatic carbocycles. The van der Waals surface area contributed by atoms with E-state index < -0.39 is 15.8 Å². The van der Waals surface area contributed by atoms with Gasteiger partial charge in [0.25, 0.3) is 0 Å². The van der Waals surface area contributed by atoms with Crippen LogP contribution in [0.2, 0.25) is 0 Å². The fourth-order valence-electron chi connectivity index (χ4n) is 3.63. The number of benzene rings is 2. The highest BCUT2D eigenvalue weighted by atomic mass is 32.2. The Morgan fingerprint density at radius 3 is 2.31 bits per heavy atom. The molecule has 7 nitrogen and oxygen atoms in total. The first-order chi connectivity index (χ1) is 15.3. The van der Waals surface area contributed by atoms with E-state index in [9.17, 15) is 18.0 Å². The van der Waals surface area contributed by atoms with Gasteiger partial charge in [-0.05, 0) is 42.0 Å². The van der Waals surface area contributed by atoms with Crippen molar-refractivity contribution in [2.75, 3.05) is 13.4 Å². The van der Waals surface area contributed by atoms with Crippen molar-refractivity contribution in [1.29, 1.82) is 0 Å². The fraction of sp³-hybridized carbons (Fsp3) is 0.125. The Hall–Kier alpha value is -3.78. The molecule has 0 N–H and O–H groups in total. The zero-order chi connectivity index (χ0) is 22.9. The third-order valence-corrected chi connectivity index (χ3v) is 6.28. The molecule has 2 heterocycles. The van der Waals surface area contributed by atoms with Crippen molar-refractivity contribution in [3.8, 4) is 5.69 Å². The first-order valence-corrected chi connectivity index (χ1v) is 11.7. The van der Waals surface area contributed by atoms with Crippen molar-refractivity contribution in [2.45, 2.75) is 11.3 Å². The summed E-state index contributed by atoms with van der Waals surface area (Å²) < 4.78 is 30.2. The summed E-state index contributed by atoms with van der Waals surface area (Å²) in [6, 6.07) is 18.7. The van der Waals surface area contributed by atoms with Crippen LogP contribution in [0.15, 0.2) is 82.6 Å². The SMILES string of the molecule is COC(=O)c1c(Cc2ccc(S(C)(=O)=O)cc2)c(=O)c2cccnc2n1-c1ccccc1. The van der Waals surface area contributed by atoms with Crippen LogP contribution in [-0.2, 0) is 21.0 Å². The maximum Gasteiger partial charge on any atom is 0.355 e. The number of hydrogen-bond donors (Lipinski definition) is 0. The number of pyridine rings is 2. The summed E-state index contributed by atoms with van der Waals surface area (Å²) in [5.74, 6) is -0.665. The largest absolute Gasteiger partial charge is 0.464 e. The lowest BCUT2D eigenvalue weighted by Crippen LogP contribution is -2.25. The van der Waals surface area contributed by atoms with E-state index in [4.69, 9.17) is 4.74 Å². The van der Waals surface area contributed by atoms with Crippen molar-refractivity contribution in [1.82, 2.24) is 9.55 Å². The predicted octanol–water partition coefficient (Wildman–Crippen LogP) is 3.17. The van der Waals surface area contributed by atoms with Gasteiger partial charge >= 0.3 is 5.97 Å². The van der Waals surface area contributed by atoms with Crippen molar-refractivity contribution < 1.29 is 17.9 Å². The minimum absolute atomic E-state index is 0.0853. The highest BCUT2D eigenvalue weighted by Gasteiger charge is 2.25. The van der Waals surface area contributed by atoms with E-state index >= 15 is 0 Å². The molecule has 8 heteroatoms. The summed E-state index contributed by atoms with van der Waals surface area (Å²) in [6.45, 7) is 0. The van der Waals surface area contributed by atoms with Crippen LogP contribution < -0.4 is 5.43 Å². The quantitative estimate of drug-likeness (QED) is 0.435. The Bertz CT molecular complexity index is 1480. The van der Waals surface area contributed by atoms with Crippen molar-refractivity contribution >= 4 is 26.8 Å². The van der Waals surface area contributed by atoms with Gasteiger partial charge in [0.05, 0.1) is 17.4 Å². The smallest absolute Gasteiger partial charge is 0.355 e. The molecule has 0 unspecified atom stereocenters. The van der Waals surface area contributed by atoms with Gasteiger partial charge in [-0.25, -0.2) is 18.2 Å². The summed E-state index contributed by atoms with van der Waals surface area (Å²) in [5.41, 5.74) is 1.69. The highest BCUT2D eigenvalue weighted by Crippen LogP contribution is 2.23. The van der Waals surface area contributed by atoms with Gasteiger partial charge in [-0.3, -0.25) is 9.36 Å². The monoisotopic (exact) mass is 448 g/mol. The summed E-state index contributed by atoms with van der Waals surface area (Å²) in [5, 5.41) is 0.367. The molecule has 162 valence electrons. The number of para-hydroxylation sites is 1. The zero-order valence-corrected chi connectivity index (χ0v) is 18.3. The number of esters is 1. The minimum atomic E-state index is -3.35. The Balaban J connectivity index is 2.01. The average Bonchev–Trinajstić information content (AvgIpc) is 2.80. The second kappa shape index (κ2) is 8.39. The van der Waals surface area contributed by atoms with E-state index in [0.717, 1.165) is 6.26 Å². The van der Waals surface area contributed by atoms with Crippen LogP contribution in [0.25, 0.3) is 16.7 Å². The molecule has 0 fully saturated rings. The molecule has 0 bridgehead atoms. The third kappa shape index (κ3) is 3.92.